The first-order valence-electron chi connectivity index (χ1n) is 9.10. The molecule has 3 aromatic carbocycles. The standard InChI is InChI=1S/C22H18N2O3/c25-21(19-10-5-13-26-19)23-17-9-4-3-8-16(17)22-24-18-12-11-14-6-1-2-7-15(14)20(18)27-22/h1-4,6-9,11-12,19H,5,10,13H2,(H,23,25). The molecule has 27 heavy (non-hydrogen) atoms. The number of aromatic nitrogens is 1. The van der Waals surface area contributed by atoms with Crippen LogP contribution >= 0.6 is 0 Å². The van der Waals surface area contributed by atoms with Gasteiger partial charge < -0.3 is 14.5 Å². The van der Waals surface area contributed by atoms with Crippen LogP contribution in [0.3, 0.4) is 0 Å². The highest BCUT2D eigenvalue weighted by molar-refractivity contribution is 6.04. The van der Waals surface area contributed by atoms with Gasteiger partial charge in [-0.05, 0) is 36.4 Å². The molecule has 1 unspecified atom stereocenters. The highest BCUT2D eigenvalue weighted by atomic mass is 16.5. The second kappa shape index (κ2) is 6.52. The van der Waals surface area contributed by atoms with Crippen molar-refractivity contribution in [3.63, 3.8) is 0 Å². The highest BCUT2D eigenvalue weighted by Gasteiger charge is 2.24. The van der Waals surface area contributed by atoms with Gasteiger partial charge in [0.1, 0.15) is 11.6 Å². The van der Waals surface area contributed by atoms with Gasteiger partial charge in [-0.3, -0.25) is 4.79 Å². The Morgan fingerprint density at radius 2 is 1.89 bits per heavy atom. The van der Waals surface area contributed by atoms with E-state index in [0.717, 1.165) is 40.3 Å². The van der Waals surface area contributed by atoms with Crippen LogP contribution in [-0.4, -0.2) is 23.6 Å². The number of carbonyl (C=O) groups is 1. The molecule has 0 radical (unpaired) electrons. The number of hydrogen-bond donors (Lipinski definition) is 1. The van der Waals surface area contributed by atoms with Crippen LogP contribution in [0, 0.1) is 0 Å². The lowest BCUT2D eigenvalue weighted by atomic mass is 10.1. The molecule has 0 spiro atoms. The Labute approximate surface area is 156 Å². The minimum Gasteiger partial charge on any atom is -0.435 e. The number of ether oxygens (including phenoxy) is 1. The topological polar surface area (TPSA) is 64.4 Å². The second-order valence-corrected chi connectivity index (χ2v) is 6.69. The lowest BCUT2D eigenvalue weighted by Crippen LogP contribution is -2.27. The number of rotatable bonds is 3. The van der Waals surface area contributed by atoms with Crippen molar-refractivity contribution in [1.29, 1.82) is 0 Å². The molecule has 1 amide bonds. The fourth-order valence-electron chi connectivity index (χ4n) is 3.55. The van der Waals surface area contributed by atoms with Gasteiger partial charge in [-0.25, -0.2) is 4.98 Å². The van der Waals surface area contributed by atoms with Crippen LogP contribution in [0.2, 0.25) is 0 Å². The minimum atomic E-state index is -0.384. The molecule has 0 bridgehead atoms. The van der Waals surface area contributed by atoms with E-state index in [-0.39, 0.29) is 12.0 Å². The third-order valence-corrected chi connectivity index (χ3v) is 4.92. The first kappa shape index (κ1) is 16.0. The Bertz CT molecular complexity index is 1140. The maximum atomic E-state index is 12.5. The zero-order valence-electron chi connectivity index (χ0n) is 14.6. The first-order chi connectivity index (χ1) is 13.3. The number of nitrogens with zero attached hydrogens (tertiary/aromatic N) is 1. The van der Waals surface area contributed by atoms with Gasteiger partial charge in [-0.2, -0.15) is 0 Å². The molecule has 1 aliphatic heterocycles. The van der Waals surface area contributed by atoms with Crippen molar-refractivity contribution in [2.24, 2.45) is 0 Å². The van der Waals surface area contributed by atoms with Crippen LogP contribution in [0.15, 0.2) is 65.1 Å². The van der Waals surface area contributed by atoms with E-state index in [1.807, 2.05) is 60.7 Å². The van der Waals surface area contributed by atoms with E-state index in [1.165, 1.54) is 0 Å². The van der Waals surface area contributed by atoms with Crippen molar-refractivity contribution in [1.82, 2.24) is 4.98 Å². The molecule has 1 N–H and O–H groups in total. The monoisotopic (exact) mass is 358 g/mol. The van der Waals surface area contributed by atoms with E-state index in [4.69, 9.17) is 9.15 Å². The van der Waals surface area contributed by atoms with E-state index >= 15 is 0 Å². The maximum absolute atomic E-state index is 12.5. The smallest absolute Gasteiger partial charge is 0.253 e. The van der Waals surface area contributed by atoms with Gasteiger partial charge in [0.25, 0.3) is 5.91 Å². The third-order valence-electron chi connectivity index (χ3n) is 4.92. The number of anilines is 1. The van der Waals surface area contributed by atoms with Crippen LogP contribution in [-0.2, 0) is 9.53 Å². The molecule has 0 aliphatic carbocycles. The van der Waals surface area contributed by atoms with Crippen LogP contribution in [0.25, 0.3) is 33.3 Å². The normalized spacial score (nSPS) is 16.8. The van der Waals surface area contributed by atoms with Crippen LogP contribution in [0.1, 0.15) is 12.8 Å². The molecular weight excluding hydrogens is 340 g/mol. The number of para-hydroxylation sites is 1. The summed E-state index contributed by atoms with van der Waals surface area (Å²) in [5.41, 5.74) is 2.98. The minimum absolute atomic E-state index is 0.124. The van der Waals surface area contributed by atoms with E-state index in [2.05, 4.69) is 10.3 Å². The van der Waals surface area contributed by atoms with E-state index < -0.39 is 0 Å². The summed E-state index contributed by atoms with van der Waals surface area (Å²) in [6, 6.07) is 19.6. The Kier molecular flexibility index (Phi) is 3.87. The molecule has 1 aliphatic rings. The summed E-state index contributed by atoms with van der Waals surface area (Å²) in [5, 5.41) is 5.10. The number of hydrogen-bond acceptors (Lipinski definition) is 4. The van der Waals surface area contributed by atoms with E-state index in [9.17, 15) is 4.79 Å². The number of fused-ring (bicyclic) bond motifs is 3. The molecule has 0 saturated carbocycles. The van der Waals surface area contributed by atoms with Gasteiger partial charge in [0, 0.05) is 12.0 Å². The number of amides is 1. The molecular formula is C22H18N2O3. The van der Waals surface area contributed by atoms with Gasteiger partial charge in [0.05, 0.1) is 11.3 Å². The van der Waals surface area contributed by atoms with Crippen LogP contribution < -0.4 is 5.32 Å². The number of nitrogens with one attached hydrogen (secondary N) is 1. The van der Waals surface area contributed by atoms with Gasteiger partial charge in [-0.1, -0.05) is 42.5 Å². The van der Waals surface area contributed by atoms with Crippen molar-refractivity contribution >= 4 is 33.5 Å². The molecule has 1 atom stereocenters. The summed E-state index contributed by atoms with van der Waals surface area (Å²) in [6.45, 7) is 0.637. The third kappa shape index (κ3) is 2.86. The predicted octanol–water partition coefficient (Wildman–Crippen LogP) is 4.77. The molecule has 1 saturated heterocycles. The lowest BCUT2D eigenvalue weighted by molar-refractivity contribution is -0.124. The second-order valence-electron chi connectivity index (χ2n) is 6.69. The fourth-order valence-corrected chi connectivity index (χ4v) is 3.55. The van der Waals surface area contributed by atoms with Gasteiger partial charge in [0.15, 0.2) is 5.58 Å². The summed E-state index contributed by atoms with van der Waals surface area (Å²) in [6.07, 6.45) is 1.28. The van der Waals surface area contributed by atoms with Gasteiger partial charge >= 0.3 is 0 Å². The Balaban J connectivity index is 1.56. The largest absolute Gasteiger partial charge is 0.435 e. The molecule has 1 fully saturated rings. The Morgan fingerprint density at radius 1 is 1.04 bits per heavy atom. The SMILES string of the molecule is O=C(Nc1ccccc1-c1nc2ccc3ccccc3c2o1)C1CCCO1. The zero-order valence-corrected chi connectivity index (χ0v) is 14.6. The summed E-state index contributed by atoms with van der Waals surface area (Å²) in [4.78, 5) is 17.1. The number of benzene rings is 3. The van der Waals surface area contributed by atoms with E-state index in [1.54, 1.807) is 0 Å². The van der Waals surface area contributed by atoms with Crippen LogP contribution in [0.5, 0.6) is 0 Å². The van der Waals surface area contributed by atoms with Crippen molar-refractivity contribution in [2.75, 3.05) is 11.9 Å². The van der Waals surface area contributed by atoms with E-state index in [0.29, 0.717) is 18.2 Å². The molecule has 4 aromatic rings. The Hall–Kier alpha value is -3.18. The molecule has 5 heteroatoms. The average Bonchev–Trinajstić information content (AvgIpc) is 3.38. The average molecular weight is 358 g/mol. The summed E-state index contributed by atoms with van der Waals surface area (Å²) in [7, 11) is 0. The fraction of sp³-hybridized carbons (Fsp3) is 0.182. The van der Waals surface area contributed by atoms with Crippen molar-refractivity contribution in [3.8, 4) is 11.5 Å². The summed E-state index contributed by atoms with van der Waals surface area (Å²) >= 11 is 0. The lowest BCUT2D eigenvalue weighted by Gasteiger charge is -2.12. The van der Waals surface area contributed by atoms with Gasteiger partial charge in [-0.15, -0.1) is 0 Å². The highest BCUT2D eigenvalue weighted by Crippen LogP contribution is 2.33. The summed E-state index contributed by atoms with van der Waals surface area (Å²) < 4.78 is 11.6. The number of oxazole rings is 1. The molecule has 5 nitrogen and oxygen atoms in total. The quantitative estimate of drug-likeness (QED) is 0.573. The summed E-state index contributed by atoms with van der Waals surface area (Å²) in [5.74, 6) is 0.367. The molecule has 5 rings (SSSR count). The predicted molar refractivity (Wildman–Crippen MR) is 105 cm³/mol. The maximum Gasteiger partial charge on any atom is 0.253 e. The molecule has 2 heterocycles. The molecule has 1 aromatic heterocycles. The Morgan fingerprint density at radius 3 is 2.78 bits per heavy atom. The van der Waals surface area contributed by atoms with Crippen LogP contribution in [0.4, 0.5) is 5.69 Å². The van der Waals surface area contributed by atoms with Crippen molar-refractivity contribution < 1.29 is 13.9 Å². The first-order valence-corrected chi connectivity index (χ1v) is 9.10. The van der Waals surface area contributed by atoms with Crippen molar-refractivity contribution in [2.45, 2.75) is 18.9 Å². The number of carbonyl (C=O) groups excluding carboxylic acids is 1. The van der Waals surface area contributed by atoms with Gasteiger partial charge in [0.2, 0.25) is 5.89 Å². The zero-order chi connectivity index (χ0) is 18.2. The molecule has 134 valence electrons. The van der Waals surface area contributed by atoms with Crippen molar-refractivity contribution in [3.05, 3.63) is 60.7 Å².